The molecule has 0 aliphatic carbocycles. The minimum atomic E-state index is -0.460. The standard InChI is InChI=1S/C16H14N4O3/c17-14-8-6-13(7-9-14)16(21)19-18-10-2-4-12-3-1-5-15(11-12)20(22)23/h1-11H,17H2,(H,19,21)/b4-2+,18-10+. The second-order valence-corrected chi connectivity index (χ2v) is 4.55. The van der Waals surface area contributed by atoms with Crippen molar-refractivity contribution in [3.05, 3.63) is 75.8 Å². The number of nitrogens with zero attached hydrogens (tertiary/aromatic N) is 2. The van der Waals surface area contributed by atoms with Gasteiger partial charge >= 0.3 is 0 Å². The number of nitrogens with one attached hydrogen (secondary N) is 1. The van der Waals surface area contributed by atoms with E-state index in [0.717, 1.165) is 0 Å². The van der Waals surface area contributed by atoms with Crippen LogP contribution in [0.1, 0.15) is 15.9 Å². The number of nitro benzene ring substituents is 1. The zero-order valence-electron chi connectivity index (χ0n) is 12.0. The molecular weight excluding hydrogens is 296 g/mol. The van der Waals surface area contributed by atoms with E-state index in [1.54, 1.807) is 48.6 Å². The summed E-state index contributed by atoms with van der Waals surface area (Å²) in [6, 6.07) is 12.6. The SMILES string of the molecule is Nc1ccc(C(=O)N/N=C/C=C/c2cccc([N+](=O)[O-])c2)cc1. The van der Waals surface area contributed by atoms with Gasteiger partial charge in [0, 0.05) is 29.6 Å². The lowest BCUT2D eigenvalue weighted by Gasteiger charge is -1.99. The summed E-state index contributed by atoms with van der Waals surface area (Å²) in [7, 11) is 0. The maximum absolute atomic E-state index is 11.7. The van der Waals surface area contributed by atoms with Crippen molar-refractivity contribution in [2.24, 2.45) is 5.10 Å². The minimum absolute atomic E-state index is 0.0146. The third-order valence-electron chi connectivity index (χ3n) is 2.87. The van der Waals surface area contributed by atoms with E-state index in [1.165, 1.54) is 18.3 Å². The molecule has 0 fully saturated rings. The Kier molecular flexibility index (Phi) is 5.19. The van der Waals surface area contributed by atoms with Crippen LogP contribution in [0.25, 0.3) is 6.08 Å². The highest BCUT2D eigenvalue weighted by Crippen LogP contribution is 2.13. The highest BCUT2D eigenvalue weighted by atomic mass is 16.6. The van der Waals surface area contributed by atoms with Gasteiger partial charge < -0.3 is 5.73 Å². The molecule has 0 heterocycles. The van der Waals surface area contributed by atoms with Gasteiger partial charge in [0.1, 0.15) is 0 Å². The van der Waals surface area contributed by atoms with Crippen molar-refractivity contribution < 1.29 is 9.72 Å². The molecule has 0 atom stereocenters. The molecule has 0 aliphatic rings. The van der Waals surface area contributed by atoms with E-state index in [1.807, 2.05) is 0 Å². The van der Waals surface area contributed by atoms with E-state index >= 15 is 0 Å². The zero-order chi connectivity index (χ0) is 16.7. The van der Waals surface area contributed by atoms with Gasteiger partial charge in [-0.3, -0.25) is 14.9 Å². The van der Waals surface area contributed by atoms with Gasteiger partial charge in [-0.05, 0) is 35.9 Å². The number of anilines is 1. The van der Waals surface area contributed by atoms with Crippen molar-refractivity contribution in [1.82, 2.24) is 5.43 Å². The summed E-state index contributed by atoms with van der Waals surface area (Å²) in [5, 5.41) is 14.4. The fraction of sp³-hybridized carbons (Fsp3) is 0. The summed E-state index contributed by atoms with van der Waals surface area (Å²) in [5.74, 6) is -0.356. The summed E-state index contributed by atoms with van der Waals surface area (Å²) in [5.41, 5.74) is 9.60. The first-order valence-electron chi connectivity index (χ1n) is 6.66. The van der Waals surface area contributed by atoms with Crippen LogP contribution in [0.2, 0.25) is 0 Å². The molecule has 2 aromatic carbocycles. The third-order valence-corrected chi connectivity index (χ3v) is 2.87. The monoisotopic (exact) mass is 310 g/mol. The van der Waals surface area contributed by atoms with Crippen LogP contribution < -0.4 is 11.2 Å². The van der Waals surface area contributed by atoms with Gasteiger partial charge in [0.25, 0.3) is 11.6 Å². The molecule has 1 amide bonds. The molecule has 2 rings (SSSR count). The molecule has 0 unspecified atom stereocenters. The molecule has 7 heteroatoms. The van der Waals surface area contributed by atoms with Crippen molar-refractivity contribution >= 4 is 29.6 Å². The second-order valence-electron chi connectivity index (χ2n) is 4.55. The molecular formula is C16H14N4O3. The summed E-state index contributed by atoms with van der Waals surface area (Å²) in [6.45, 7) is 0. The van der Waals surface area contributed by atoms with Crippen molar-refractivity contribution in [3.8, 4) is 0 Å². The number of carbonyl (C=O) groups excluding carboxylic acids is 1. The topological polar surface area (TPSA) is 111 Å². The smallest absolute Gasteiger partial charge is 0.271 e. The van der Waals surface area contributed by atoms with E-state index in [-0.39, 0.29) is 11.6 Å². The number of nitrogen functional groups attached to an aromatic ring is 1. The Hall–Kier alpha value is -3.48. The van der Waals surface area contributed by atoms with E-state index in [0.29, 0.717) is 16.8 Å². The summed E-state index contributed by atoms with van der Waals surface area (Å²) < 4.78 is 0. The Morgan fingerprint density at radius 3 is 2.65 bits per heavy atom. The van der Waals surface area contributed by atoms with E-state index in [2.05, 4.69) is 10.5 Å². The normalized spacial score (nSPS) is 11.0. The molecule has 0 bridgehead atoms. The Labute approximate surface area is 132 Å². The molecule has 23 heavy (non-hydrogen) atoms. The van der Waals surface area contributed by atoms with Gasteiger partial charge in [-0.2, -0.15) is 5.10 Å². The second kappa shape index (κ2) is 7.51. The van der Waals surface area contributed by atoms with E-state index in [9.17, 15) is 14.9 Å². The van der Waals surface area contributed by atoms with Gasteiger partial charge in [0.05, 0.1) is 4.92 Å². The van der Waals surface area contributed by atoms with Crippen molar-refractivity contribution in [3.63, 3.8) is 0 Å². The van der Waals surface area contributed by atoms with E-state index in [4.69, 9.17) is 5.73 Å². The van der Waals surface area contributed by atoms with Crippen molar-refractivity contribution in [2.75, 3.05) is 5.73 Å². The molecule has 0 spiro atoms. The first-order chi connectivity index (χ1) is 11.1. The van der Waals surface area contributed by atoms with Gasteiger partial charge in [-0.25, -0.2) is 5.43 Å². The molecule has 2 aromatic rings. The van der Waals surface area contributed by atoms with Gasteiger partial charge in [0.2, 0.25) is 0 Å². The Balaban J connectivity index is 1.91. The number of amides is 1. The number of benzene rings is 2. The molecule has 116 valence electrons. The largest absolute Gasteiger partial charge is 0.399 e. The number of carbonyl (C=O) groups is 1. The molecule has 0 radical (unpaired) electrons. The number of non-ortho nitro benzene ring substituents is 1. The Morgan fingerprint density at radius 2 is 1.96 bits per heavy atom. The molecule has 0 aromatic heterocycles. The quantitative estimate of drug-likeness (QED) is 0.382. The number of hydrogen-bond acceptors (Lipinski definition) is 5. The fourth-order valence-corrected chi connectivity index (χ4v) is 1.73. The number of hydrazone groups is 1. The molecule has 0 saturated heterocycles. The van der Waals surface area contributed by atoms with Crippen LogP contribution in [0.15, 0.2) is 59.7 Å². The first kappa shape index (κ1) is 15.9. The predicted octanol–water partition coefficient (Wildman–Crippen LogP) is 2.61. The van der Waals surface area contributed by atoms with Crippen LogP contribution in [0, 0.1) is 10.1 Å². The lowest BCUT2D eigenvalue weighted by molar-refractivity contribution is -0.384. The molecule has 0 saturated carbocycles. The Morgan fingerprint density at radius 1 is 1.22 bits per heavy atom. The maximum atomic E-state index is 11.7. The molecule has 7 nitrogen and oxygen atoms in total. The van der Waals surface area contributed by atoms with Gasteiger partial charge in [0.15, 0.2) is 0 Å². The van der Waals surface area contributed by atoms with Crippen LogP contribution in [-0.4, -0.2) is 17.0 Å². The maximum Gasteiger partial charge on any atom is 0.271 e. The molecule has 3 N–H and O–H groups in total. The minimum Gasteiger partial charge on any atom is -0.399 e. The average molecular weight is 310 g/mol. The van der Waals surface area contributed by atoms with Gasteiger partial charge in [-0.1, -0.05) is 18.2 Å². The highest BCUT2D eigenvalue weighted by Gasteiger charge is 2.03. The van der Waals surface area contributed by atoms with Crippen LogP contribution in [-0.2, 0) is 0 Å². The lowest BCUT2D eigenvalue weighted by atomic mass is 10.2. The van der Waals surface area contributed by atoms with Crippen molar-refractivity contribution in [2.45, 2.75) is 0 Å². The summed E-state index contributed by atoms with van der Waals surface area (Å²) >= 11 is 0. The first-order valence-corrected chi connectivity index (χ1v) is 6.66. The lowest BCUT2D eigenvalue weighted by Crippen LogP contribution is -2.17. The number of nitrogens with two attached hydrogens (primary N) is 1. The van der Waals surface area contributed by atoms with Crippen LogP contribution in [0.5, 0.6) is 0 Å². The van der Waals surface area contributed by atoms with Gasteiger partial charge in [-0.15, -0.1) is 0 Å². The highest BCUT2D eigenvalue weighted by molar-refractivity contribution is 5.95. The summed E-state index contributed by atoms with van der Waals surface area (Å²) in [4.78, 5) is 21.9. The number of rotatable bonds is 5. The number of nitro groups is 1. The van der Waals surface area contributed by atoms with Crippen LogP contribution >= 0.6 is 0 Å². The van der Waals surface area contributed by atoms with E-state index < -0.39 is 4.92 Å². The Bertz CT molecular complexity index is 767. The number of hydrogen-bond donors (Lipinski definition) is 2. The average Bonchev–Trinajstić information content (AvgIpc) is 2.55. The van der Waals surface area contributed by atoms with Crippen molar-refractivity contribution in [1.29, 1.82) is 0 Å². The predicted molar refractivity (Wildman–Crippen MR) is 88.9 cm³/mol. The zero-order valence-corrected chi connectivity index (χ0v) is 12.0. The van der Waals surface area contributed by atoms with Crippen LogP contribution in [0.4, 0.5) is 11.4 Å². The number of allylic oxidation sites excluding steroid dienone is 1. The summed E-state index contributed by atoms with van der Waals surface area (Å²) in [6.07, 6.45) is 4.60. The fourth-order valence-electron chi connectivity index (χ4n) is 1.73. The molecule has 0 aliphatic heterocycles. The third kappa shape index (κ3) is 4.78. The van der Waals surface area contributed by atoms with Crippen LogP contribution in [0.3, 0.4) is 0 Å².